The van der Waals surface area contributed by atoms with Gasteiger partial charge in [-0.1, -0.05) is 29.4 Å². The molecule has 2 nitrogen and oxygen atoms in total. The van der Waals surface area contributed by atoms with Crippen LogP contribution < -0.4 is 0 Å². The summed E-state index contributed by atoms with van der Waals surface area (Å²) in [6, 6.07) is 8.39. The molecule has 1 atom stereocenters. The molecule has 1 N–H and O–H groups in total. The van der Waals surface area contributed by atoms with Crippen LogP contribution in [-0.2, 0) is 6.42 Å². The predicted octanol–water partition coefficient (Wildman–Crippen LogP) is 2.57. The Morgan fingerprint density at radius 1 is 1.46 bits per heavy atom. The summed E-state index contributed by atoms with van der Waals surface area (Å²) >= 11 is 0. The van der Waals surface area contributed by atoms with Crippen molar-refractivity contribution in [3.05, 3.63) is 35.4 Å². The highest BCUT2D eigenvalue weighted by Gasteiger charge is 2.24. The van der Waals surface area contributed by atoms with E-state index in [1.54, 1.807) is 0 Å². The van der Waals surface area contributed by atoms with E-state index in [4.69, 9.17) is 5.21 Å². The Morgan fingerprint density at radius 2 is 2.23 bits per heavy atom. The van der Waals surface area contributed by atoms with Crippen LogP contribution in [0.2, 0.25) is 0 Å². The second-order valence-electron chi connectivity index (χ2n) is 3.53. The van der Waals surface area contributed by atoms with E-state index in [9.17, 15) is 0 Å². The van der Waals surface area contributed by atoms with Gasteiger partial charge in [-0.2, -0.15) is 0 Å². The largest absolute Gasteiger partial charge is 0.411 e. The lowest BCUT2D eigenvalue weighted by atomic mass is 9.97. The summed E-state index contributed by atoms with van der Waals surface area (Å²) in [6.07, 6.45) is 2.18. The minimum absolute atomic E-state index is 0.334. The molecule has 1 aliphatic rings. The molecular formula is C11H13NO. The fourth-order valence-electron chi connectivity index (χ4n) is 2.06. The van der Waals surface area contributed by atoms with E-state index in [0.717, 1.165) is 18.6 Å². The number of rotatable bonds is 1. The van der Waals surface area contributed by atoms with Crippen LogP contribution in [0.3, 0.4) is 0 Å². The van der Waals surface area contributed by atoms with Crippen molar-refractivity contribution < 1.29 is 5.21 Å². The zero-order valence-corrected chi connectivity index (χ0v) is 7.70. The van der Waals surface area contributed by atoms with Crippen LogP contribution in [-0.4, -0.2) is 10.9 Å². The van der Waals surface area contributed by atoms with Gasteiger partial charge in [0.25, 0.3) is 0 Å². The van der Waals surface area contributed by atoms with Gasteiger partial charge < -0.3 is 5.21 Å². The lowest BCUT2D eigenvalue weighted by Gasteiger charge is -2.08. The Hall–Kier alpha value is -1.31. The van der Waals surface area contributed by atoms with E-state index in [0.29, 0.717) is 5.92 Å². The van der Waals surface area contributed by atoms with Crippen molar-refractivity contribution in [3.8, 4) is 0 Å². The first-order chi connectivity index (χ1) is 6.33. The number of oxime groups is 1. The molecule has 0 amide bonds. The second-order valence-corrected chi connectivity index (χ2v) is 3.53. The standard InChI is InChI=1S/C11H13NO/c1-8(12-13)10-7-6-9-4-2-3-5-11(9)10/h2-5,10,13H,6-7H2,1H3. The lowest BCUT2D eigenvalue weighted by molar-refractivity contribution is 0.316. The van der Waals surface area contributed by atoms with Crippen molar-refractivity contribution >= 4 is 5.71 Å². The molecule has 0 saturated heterocycles. The molecule has 1 aliphatic carbocycles. The third-order valence-corrected chi connectivity index (χ3v) is 2.79. The number of fused-ring (bicyclic) bond motifs is 1. The first-order valence-electron chi connectivity index (χ1n) is 4.59. The minimum atomic E-state index is 0.334. The van der Waals surface area contributed by atoms with Gasteiger partial charge in [-0.3, -0.25) is 0 Å². The Labute approximate surface area is 77.9 Å². The Morgan fingerprint density at radius 3 is 3.00 bits per heavy atom. The Kier molecular flexibility index (Phi) is 2.05. The molecule has 0 fully saturated rings. The highest BCUT2D eigenvalue weighted by Crippen LogP contribution is 2.33. The number of hydrogen-bond acceptors (Lipinski definition) is 2. The molecule has 0 saturated carbocycles. The van der Waals surface area contributed by atoms with Gasteiger partial charge in [-0.15, -0.1) is 0 Å². The molecule has 1 aromatic rings. The average molecular weight is 175 g/mol. The molecule has 68 valence electrons. The highest BCUT2D eigenvalue weighted by atomic mass is 16.4. The zero-order chi connectivity index (χ0) is 9.26. The van der Waals surface area contributed by atoms with Crippen LogP contribution in [0.1, 0.15) is 30.4 Å². The Balaban J connectivity index is 2.39. The summed E-state index contributed by atoms with van der Waals surface area (Å²) in [5.41, 5.74) is 3.55. The number of benzene rings is 1. The molecule has 0 aliphatic heterocycles. The second kappa shape index (κ2) is 3.21. The first-order valence-corrected chi connectivity index (χ1v) is 4.59. The topological polar surface area (TPSA) is 32.6 Å². The number of nitrogens with zero attached hydrogens (tertiary/aromatic N) is 1. The van der Waals surface area contributed by atoms with E-state index in [2.05, 4.69) is 23.4 Å². The van der Waals surface area contributed by atoms with Crippen molar-refractivity contribution in [3.63, 3.8) is 0 Å². The molecule has 2 rings (SSSR count). The fraction of sp³-hybridized carbons (Fsp3) is 0.364. The van der Waals surface area contributed by atoms with Gasteiger partial charge >= 0.3 is 0 Å². The molecule has 0 heterocycles. The van der Waals surface area contributed by atoms with Crippen LogP contribution in [0, 0.1) is 0 Å². The van der Waals surface area contributed by atoms with Crippen LogP contribution in [0.15, 0.2) is 29.4 Å². The molecule has 1 unspecified atom stereocenters. The summed E-state index contributed by atoms with van der Waals surface area (Å²) < 4.78 is 0. The van der Waals surface area contributed by atoms with Crippen molar-refractivity contribution in [1.29, 1.82) is 0 Å². The highest BCUT2D eigenvalue weighted by molar-refractivity contribution is 5.89. The van der Waals surface area contributed by atoms with Crippen LogP contribution in [0.4, 0.5) is 0 Å². The third kappa shape index (κ3) is 1.32. The maximum atomic E-state index is 8.71. The first kappa shape index (κ1) is 8.30. The molecule has 0 bridgehead atoms. The van der Waals surface area contributed by atoms with Crippen molar-refractivity contribution in [2.45, 2.75) is 25.7 Å². The van der Waals surface area contributed by atoms with E-state index in [-0.39, 0.29) is 0 Å². The summed E-state index contributed by atoms with van der Waals surface area (Å²) in [4.78, 5) is 0. The lowest BCUT2D eigenvalue weighted by Crippen LogP contribution is -2.05. The predicted molar refractivity (Wildman–Crippen MR) is 52.4 cm³/mol. The summed E-state index contributed by atoms with van der Waals surface area (Å²) in [7, 11) is 0. The number of aryl methyl sites for hydroxylation is 1. The minimum Gasteiger partial charge on any atom is -0.411 e. The molecule has 2 heteroatoms. The van der Waals surface area contributed by atoms with Crippen molar-refractivity contribution in [1.82, 2.24) is 0 Å². The van der Waals surface area contributed by atoms with Gasteiger partial charge in [0.15, 0.2) is 0 Å². The summed E-state index contributed by atoms with van der Waals surface area (Å²) in [6.45, 7) is 1.88. The van der Waals surface area contributed by atoms with Gasteiger partial charge in [0.2, 0.25) is 0 Å². The van der Waals surface area contributed by atoms with Gasteiger partial charge in [0.1, 0.15) is 0 Å². The molecule has 0 aromatic heterocycles. The zero-order valence-electron chi connectivity index (χ0n) is 7.70. The van der Waals surface area contributed by atoms with E-state index in [1.165, 1.54) is 11.1 Å². The van der Waals surface area contributed by atoms with E-state index in [1.807, 2.05) is 13.0 Å². The normalized spacial score (nSPS) is 21.6. The van der Waals surface area contributed by atoms with Crippen LogP contribution in [0.5, 0.6) is 0 Å². The smallest absolute Gasteiger partial charge is 0.0614 e. The van der Waals surface area contributed by atoms with Crippen LogP contribution in [0.25, 0.3) is 0 Å². The van der Waals surface area contributed by atoms with Crippen molar-refractivity contribution in [2.75, 3.05) is 0 Å². The SMILES string of the molecule is CC(=NO)C1CCc2ccccc21. The molecule has 0 radical (unpaired) electrons. The maximum absolute atomic E-state index is 8.71. The summed E-state index contributed by atoms with van der Waals surface area (Å²) in [5.74, 6) is 0.334. The maximum Gasteiger partial charge on any atom is 0.0614 e. The fourth-order valence-corrected chi connectivity index (χ4v) is 2.06. The molecule has 13 heavy (non-hydrogen) atoms. The average Bonchev–Trinajstić information content (AvgIpc) is 2.60. The number of hydrogen-bond donors (Lipinski definition) is 1. The van der Waals surface area contributed by atoms with Gasteiger partial charge in [0, 0.05) is 5.92 Å². The molecule has 0 spiro atoms. The van der Waals surface area contributed by atoms with E-state index >= 15 is 0 Å². The molecular weight excluding hydrogens is 162 g/mol. The van der Waals surface area contributed by atoms with Gasteiger partial charge in [-0.05, 0) is 30.9 Å². The van der Waals surface area contributed by atoms with Crippen LogP contribution >= 0.6 is 0 Å². The van der Waals surface area contributed by atoms with Gasteiger partial charge in [0.05, 0.1) is 5.71 Å². The monoisotopic (exact) mass is 175 g/mol. The molecule has 1 aromatic carbocycles. The van der Waals surface area contributed by atoms with Crippen molar-refractivity contribution in [2.24, 2.45) is 5.16 Å². The summed E-state index contributed by atoms with van der Waals surface area (Å²) in [5, 5.41) is 12.0. The third-order valence-electron chi connectivity index (χ3n) is 2.79. The quantitative estimate of drug-likeness (QED) is 0.397. The van der Waals surface area contributed by atoms with E-state index < -0.39 is 0 Å². The Bertz CT molecular complexity index is 344. The van der Waals surface area contributed by atoms with Gasteiger partial charge in [-0.25, -0.2) is 0 Å².